The van der Waals surface area contributed by atoms with Gasteiger partial charge in [-0.1, -0.05) is 6.92 Å². The molecule has 0 unspecified atom stereocenters. The average Bonchev–Trinajstić information content (AvgIpc) is 3.12. The number of nitro groups is 2. The standard InChI is InChI=1S/C25H27N5O6/c1-16-2-8-20-21(14-16)25(32)28(24(20)31)19-7-9-22(23(15-19)30(35)36)27-12-10-26(11-13-27)17-3-5-18(6-4-17)29(33)34/h3-7,9,15-16,20-21H,2,8,10-14H2,1H3/t16-,20+,21+/m1/s1. The van der Waals surface area contributed by atoms with Gasteiger partial charge in [0.15, 0.2) is 0 Å². The van der Waals surface area contributed by atoms with Crippen LogP contribution in [0.2, 0.25) is 0 Å². The predicted octanol–water partition coefficient (Wildman–Crippen LogP) is 3.76. The zero-order valence-electron chi connectivity index (χ0n) is 19.9. The van der Waals surface area contributed by atoms with Crippen LogP contribution in [0.5, 0.6) is 0 Å². The Balaban J connectivity index is 1.34. The molecule has 0 bridgehead atoms. The molecule has 0 spiro atoms. The Morgan fingerprint density at radius 2 is 1.39 bits per heavy atom. The molecule has 2 aromatic rings. The molecule has 188 valence electrons. The van der Waals surface area contributed by atoms with E-state index in [1.807, 2.05) is 4.90 Å². The fourth-order valence-electron chi connectivity index (χ4n) is 5.70. The number of fused-ring (bicyclic) bond motifs is 1. The van der Waals surface area contributed by atoms with E-state index < -0.39 is 9.85 Å². The molecular weight excluding hydrogens is 466 g/mol. The van der Waals surface area contributed by atoms with Crippen molar-refractivity contribution < 1.29 is 19.4 Å². The van der Waals surface area contributed by atoms with Gasteiger partial charge in [0, 0.05) is 50.1 Å². The van der Waals surface area contributed by atoms with Crippen molar-refractivity contribution >= 4 is 40.3 Å². The van der Waals surface area contributed by atoms with Crippen LogP contribution in [0.3, 0.4) is 0 Å². The van der Waals surface area contributed by atoms with Crippen LogP contribution in [0.25, 0.3) is 0 Å². The molecule has 2 heterocycles. The number of non-ortho nitro benzene ring substituents is 1. The van der Waals surface area contributed by atoms with Crippen LogP contribution in [0, 0.1) is 38.0 Å². The lowest BCUT2D eigenvalue weighted by Crippen LogP contribution is -2.46. The molecule has 5 rings (SSSR count). The van der Waals surface area contributed by atoms with Crippen LogP contribution in [-0.2, 0) is 9.59 Å². The van der Waals surface area contributed by atoms with E-state index in [9.17, 15) is 29.8 Å². The summed E-state index contributed by atoms with van der Waals surface area (Å²) in [5.74, 6) is -0.803. The molecule has 0 radical (unpaired) electrons. The number of nitrogens with zero attached hydrogens (tertiary/aromatic N) is 5. The van der Waals surface area contributed by atoms with Crippen LogP contribution in [0.4, 0.5) is 28.4 Å². The van der Waals surface area contributed by atoms with Crippen molar-refractivity contribution in [1.82, 2.24) is 0 Å². The Bertz CT molecular complexity index is 1220. The first-order chi connectivity index (χ1) is 17.2. The van der Waals surface area contributed by atoms with Gasteiger partial charge in [-0.2, -0.15) is 0 Å². The quantitative estimate of drug-likeness (QED) is 0.350. The van der Waals surface area contributed by atoms with Crippen LogP contribution in [0.15, 0.2) is 42.5 Å². The highest BCUT2D eigenvalue weighted by molar-refractivity contribution is 6.22. The number of benzene rings is 2. The minimum atomic E-state index is -0.471. The van der Waals surface area contributed by atoms with E-state index >= 15 is 0 Å². The van der Waals surface area contributed by atoms with E-state index in [4.69, 9.17) is 0 Å². The second-order valence-electron chi connectivity index (χ2n) is 9.82. The first-order valence-electron chi connectivity index (χ1n) is 12.1. The first kappa shape index (κ1) is 23.7. The number of nitro benzene ring substituents is 2. The zero-order chi connectivity index (χ0) is 25.6. The van der Waals surface area contributed by atoms with Crippen molar-refractivity contribution in [1.29, 1.82) is 0 Å². The number of imide groups is 1. The summed E-state index contributed by atoms with van der Waals surface area (Å²) in [6, 6.07) is 10.9. The lowest BCUT2D eigenvalue weighted by atomic mass is 9.76. The largest absolute Gasteiger partial charge is 0.368 e. The van der Waals surface area contributed by atoms with E-state index in [2.05, 4.69) is 11.8 Å². The number of amides is 2. The molecule has 2 amide bonds. The zero-order valence-corrected chi connectivity index (χ0v) is 19.9. The molecule has 0 N–H and O–H groups in total. The van der Waals surface area contributed by atoms with Crippen molar-refractivity contribution in [3.63, 3.8) is 0 Å². The number of anilines is 3. The Morgan fingerprint density at radius 1 is 0.778 bits per heavy atom. The molecule has 1 saturated carbocycles. The summed E-state index contributed by atoms with van der Waals surface area (Å²) in [5, 5.41) is 22.9. The topological polar surface area (TPSA) is 130 Å². The van der Waals surface area contributed by atoms with E-state index in [0.717, 1.165) is 17.0 Å². The number of rotatable bonds is 5. The minimum Gasteiger partial charge on any atom is -0.368 e. The maximum atomic E-state index is 13.1. The third-order valence-corrected chi connectivity index (χ3v) is 7.65. The number of piperazine rings is 1. The summed E-state index contributed by atoms with van der Waals surface area (Å²) in [5.41, 5.74) is 1.44. The Kier molecular flexibility index (Phi) is 6.07. The Labute approximate surface area is 207 Å². The SMILES string of the molecule is C[C@@H]1CC[C@@H]2C(=O)N(c3ccc(N4CCN(c5ccc([N+](=O)[O-])cc5)CC4)c([N+](=O)[O-])c3)C(=O)[C@H]2C1. The monoisotopic (exact) mass is 493 g/mol. The maximum Gasteiger partial charge on any atom is 0.294 e. The Morgan fingerprint density at radius 3 is 2.03 bits per heavy atom. The Hall–Kier alpha value is -4.02. The van der Waals surface area contributed by atoms with Gasteiger partial charge >= 0.3 is 0 Å². The van der Waals surface area contributed by atoms with Crippen LogP contribution in [0.1, 0.15) is 26.2 Å². The number of hydrogen-bond donors (Lipinski definition) is 0. The highest BCUT2D eigenvalue weighted by atomic mass is 16.6. The maximum absolute atomic E-state index is 13.1. The molecule has 11 nitrogen and oxygen atoms in total. The molecule has 0 aromatic heterocycles. The summed E-state index contributed by atoms with van der Waals surface area (Å²) < 4.78 is 0. The lowest BCUT2D eigenvalue weighted by Gasteiger charge is -2.37. The van der Waals surface area contributed by atoms with E-state index in [1.54, 1.807) is 24.3 Å². The summed E-state index contributed by atoms with van der Waals surface area (Å²) in [7, 11) is 0. The summed E-state index contributed by atoms with van der Waals surface area (Å²) in [6.07, 6.45) is 2.25. The predicted molar refractivity (Wildman–Crippen MR) is 133 cm³/mol. The van der Waals surface area contributed by atoms with Crippen molar-refractivity contribution in [2.45, 2.75) is 26.2 Å². The third-order valence-electron chi connectivity index (χ3n) is 7.65. The molecule has 11 heteroatoms. The van der Waals surface area contributed by atoms with Gasteiger partial charge in [0.2, 0.25) is 11.8 Å². The third kappa shape index (κ3) is 4.14. The van der Waals surface area contributed by atoms with Crippen molar-refractivity contribution in [3.05, 3.63) is 62.7 Å². The fraction of sp³-hybridized carbons (Fsp3) is 0.440. The number of carbonyl (C=O) groups excluding carboxylic acids is 2. The summed E-state index contributed by atoms with van der Waals surface area (Å²) in [6.45, 7) is 4.28. The van der Waals surface area contributed by atoms with Gasteiger partial charge in [0.25, 0.3) is 11.4 Å². The molecule has 1 aliphatic carbocycles. The molecule has 2 aromatic carbocycles. The fourth-order valence-corrected chi connectivity index (χ4v) is 5.70. The van der Waals surface area contributed by atoms with Crippen LogP contribution >= 0.6 is 0 Å². The van der Waals surface area contributed by atoms with Gasteiger partial charge in [-0.15, -0.1) is 0 Å². The second-order valence-corrected chi connectivity index (χ2v) is 9.82. The van der Waals surface area contributed by atoms with Gasteiger partial charge < -0.3 is 9.80 Å². The minimum absolute atomic E-state index is 0.0248. The number of hydrogen-bond acceptors (Lipinski definition) is 8. The van der Waals surface area contributed by atoms with Crippen molar-refractivity contribution in [2.75, 3.05) is 40.9 Å². The first-order valence-corrected chi connectivity index (χ1v) is 12.1. The normalized spacial score (nSPS) is 24.1. The average molecular weight is 494 g/mol. The van der Waals surface area contributed by atoms with E-state index in [-0.39, 0.29) is 40.7 Å². The van der Waals surface area contributed by atoms with Crippen LogP contribution < -0.4 is 14.7 Å². The molecular formula is C25H27N5O6. The highest BCUT2D eigenvalue weighted by Gasteiger charge is 2.50. The van der Waals surface area contributed by atoms with Crippen LogP contribution in [-0.4, -0.2) is 47.8 Å². The van der Waals surface area contributed by atoms with Crippen molar-refractivity contribution in [3.8, 4) is 0 Å². The second kappa shape index (κ2) is 9.21. The van der Waals surface area contributed by atoms with Crippen molar-refractivity contribution in [2.24, 2.45) is 17.8 Å². The van der Waals surface area contributed by atoms with E-state index in [1.165, 1.54) is 18.2 Å². The van der Waals surface area contributed by atoms with Gasteiger partial charge in [-0.3, -0.25) is 29.8 Å². The molecule has 2 aliphatic heterocycles. The molecule has 2 saturated heterocycles. The molecule has 3 aliphatic rings. The van der Waals surface area contributed by atoms with Gasteiger partial charge in [0.05, 0.1) is 27.4 Å². The highest BCUT2D eigenvalue weighted by Crippen LogP contribution is 2.43. The van der Waals surface area contributed by atoms with Gasteiger partial charge in [-0.05, 0) is 49.4 Å². The van der Waals surface area contributed by atoms with Gasteiger partial charge in [0.1, 0.15) is 5.69 Å². The summed E-state index contributed by atoms with van der Waals surface area (Å²) >= 11 is 0. The molecule has 3 atom stereocenters. The smallest absolute Gasteiger partial charge is 0.294 e. The van der Waals surface area contributed by atoms with E-state index in [0.29, 0.717) is 50.6 Å². The summed E-state index contributed by atoms with van der Waals surface area (Å²) in [4.78, 5) is 53.2. The molecule has 3 fully saturated rings. The molecule has 36 heavy (non-hydrogen) atoms. The number of carbonyl (C=O) groups is 2. The lowest BCUT2D eigenvalue weighted by molar-refractivity contribution is -0.384. The van der Waals surface area contributed by atoms with Gasteiger partial charge in [-0.25, -0.2) is 4.90 Å².